The molecule has 1 aromatic heterocycles. The molecule has 0 N–H and O–H groups in total. The fourth-order valence-corrected chi connectivity index (χ4v) is 6.18. The maximum atomic E-state index is 13.6. The maximum Gasteiger partial charge on any atom is 0.274 e. The van der Waals surface area contributed by atoms with Gasteiger partial charge in [-0.1, -0.05) is 31.0 Å². The molecule has 0 spiro atoms. The predicted octanol–water partition coefficient (Wildman–Crippen LogP) is 3.10. The van der Waals surface area contributed by atoms with Crippen LogP contribution in [0.15, 0.2) is 24.3 Å². The van der Waals surface area contributed by atoms with E-state index in [9.17, 15) is 13.2 Å². The zero-order valence-corrected chi connectivity index (χ0v) is 18.0. The van der Waals surface area contributed by atoms with E-state index >= 15 is 0 Å². The first-order valence-electron chi connectivity index (χ1n) is 10.6. The molecular weight excluding hydrogens is 386 g/mol. The summed E-state index contributed by atoms with van der Waals surface area (Å²) in [5.74, 6) is 0.136. The molecule has 4 rings (SSSR count). The minimum Gasteiger partial charge on any atom is -0.333 e. The van der Waals surface area contributed by atoms with E-state index < -0.39 is 9.84 Å². The molecule has 1 aliphatic carbocycles. The van der Waals surface area contributed by atoms with Gasteiger partial charge in [0.1, 0.15) is 0 Å². The lowest BCUT2D eigenvalue weighted by Crippen LogP contribution is -2.42. The summed E-state index contributed by atoms with van der Waals surface area (Å²) in [6, 6.07) is 7.94. The molecule has 29 heavy (non-hydrogen) atoms. The van der Waals surface area contributed by atoms with E-state index in [0.29, 0.717) is 18.7 Å². The van der Waals surface area contributed by atoms with Gasteiger partial charge in [0.2, 0.25) is 0 Å². The molecule has 1 aromatic carbocycles. The topological polar surface area (TPSA) is 72.3 Å². The van der Waals surface area contributed by atoms with Gasteiger partial charge in [-0.2, -0.15) is 5.10 Å². The summed E-state index contributed by atoms with van der Waals surface area (Å²) in [6.45, 7) is 4.72. The Morgan fingerprint density at radius 2 is 2.00 bits per heavy atom. The highest BCUT2D eigenvalue weighted by molar-refractivity contribution is 7.91. The van der Waals surface area contributed by atoms with Crippen molar-refractivity contribution in [3.8, 4) is 5.69 Å². The summed E-state index contributed by atoms with van der Waals surface area (Å²) in [5, 5.41) is 4.74. The highest BCUT2D eigenvalue weighted by atomic mass is 32.2. The molecule has 0 saturated carbocycles. The molecular formula is C22H29N3O3S. The second kappa shape index (κ2) is 7.94. The number of amides is 1. The van der Waals surface area contributed by atoms with Crippen LogP contribution in [-0.4, -0.2) is 53.1 Å². The van der Waals surface area contributed by atoms with Gasteiger partial charge < -0.3 is 4.90 Å². The highest BCUT2D eigenvalue weighted by Gasteiger charge is 2.37. The Labute approximate surface area is 172 Å². The van der Waals surface area contributed by atoms with Crippen molar-refractivity contribution >= 4 is 15.7 Å². The molecule has 0 bridgehead atoms. The monoisotopic (exact) mass is 415 g/mol. The summed E-state index contributed by atoms with van der Waals surface area (Å²) in [7, 11) is -3.05. The van der Waals surface area contributed by atoms with E-state index in [1.54, 1.807) is 4.90 Å². The van der Waals surface area contributed by atoms with Crippen molar-refractivity contribution in [1.82, 2.24) is 14.7 Å². The standard InChI is InChI=1S/C22H29N3O3S/c1-3-4-13-24(18-12-14-29(27,28)15-18)22(26)21-19-6-5-7-20(19)25(23-21)17-10-8-16(2)9-11-17/h8-11,18H,3-7,12-15H2,1-2H3. The number of nitrogens with zero attached hydrogens (tertiary/aromatic N) is 3. The summed E-state index contributed by atoms with van der Waals surface area (Å²) in [4.78, 5) is 15.3. The Hall–Kier alpha value is -2.15. The van der Waals surface area contributed by atoms with Gasteiger partial charge in [0.25, 0.3) is 5.91 Å². The third-order valence-electron chi connectivity index (χ3n) is 6.07. The summed E-state index contributed by atoms with van der Waals surface area (Å²) in [6.07, 6.45) is 5.14. The quantitative estimate of drug-likeness (QED) is 0.727. The number of aromatic nitrogens is 2. The van der Waals surface area contributed by atoms with Gasteiger partial charge in [-0.25, -0.2) is 13.1 Å². The molecule has 1 atom stereocenters. The number of unbranched alkanes of at least 4 members (excludes halogenated alkanes) is 1. The number of benzene rings is 1. The zero-order chi connectivity index (χ0) is 20.6. The second-order valence-electron chi connectivity index (χ2n) is 8.28. The van der Waals surface area contributed by atoms with Crippen molar-refractivity contribution in [2.24, 2.45) is 0 Å². The van der Waals surface area contributed by atoms with Crippen LogP contribution in [0.2, 0.25) is 0 Å². The van der Waals surface area contributed by atoms with Gasteiger partial charge in [-0.05, 0) is 51.2 Å². The number of fused-ring (bicyclic) bond motifs is 1. The highest BCUT2D eigenvalue weighted by Crippen LogP contribution is 2.30. The van der Waals surface area contributed by atoms with Crippen LogP contribution in [0.3, 0.4) is 0 Å². The third-order valence-corrected chi connectivity index (χ3v) is 7.82. The van der Waals surface area contributed by atoms with Crippen LogP contribution in [0.25, 0.3) is 5.69 Å². The van der Waals surface area contributed by atoms with Gasteiger partial charge in [0, 0.05) is 23.8 Å². The van der Waals surface area contributed by atoms with Crippen molar-refractivity contribution in [3.63, 3.8) is 0 Å². The normalized spacial score (nSPS) is 20.0. The van der Waals surface area contributed by atoms with E-state index in [4.69, 9.17) is 5.10 Å². The fourth-order valence-electron chi connectivity index (χ4n) is 4.44. The lowest BCUT2D eigenvalue weighted by atomic mass is 10.1. The lowest BCUT2D eigenvalue weighted by Gasteiger charge is -2.27. The number of aryl methyl sites for hydroxylation is 1. The smallest absolute Gasteiger partial charge is 0.274 e. The van der Waals surface area contributed by atoms with Crippen LogP contribution in [0, 0.1) is 6.92 Å². The predicted molar refractivity (Wildman–Crippen MR) is 113 cm³/mol. The van der Waals surface area contributed by atoms with Gasteiger partial charge in [0.05, 0.1) is 17.2 Å². The van der Waals surface area contributed by atoms with Crippen LogP contribution < -0.4 is 0 Å². The summed E-state index contributed by atoms with van der Waals surface area (Å²) >= 11 is 0. The Kier molecular flexibility index (Phi) is 5.51. The summed E-state index contributed by atoms with van der Waals surface area (Å²) < 4.78 is 26.0. The molecule has 1 unspecified atom stereocenters. The van der Waals surface area contributed by atoms with Crippen LogP contribution in [0.1, 0.15) is 59.9 Å². The van der Waals surface area contributed by atoms with Crippen LogP contribution in [0.4, 0.5) is 0 Å². The van der Waals surface area contributed by atoms with Gasteiger partial charge in [-0.15, -0.1) is 0 Å². The first-order chi connectivity index (χ1) is 13.9. The van der Waals surface area contributed by atoms with Crippen molar-refractivity contribution in [2.45, 2.75) is 58.4 Å². The number of carbonyl (C=O) groups is 1. The first kappa shape index (κ1) is 20.1. The molecule has 7 heteroatoms. The van der Waals surface area contributed by atoms with Gasteiger partial charge in [0.15, 0.2) is 15.5 Å². The fraction of sp³-hybridized carbons (Fsp3) is 0.545. The van der Waals surface area contributed by atoms with Crippen LogP contribution in [0.5, 0.6) is 0 Å². The Morgan fingerprint density at radius 3 is 2.66 bits per heavy atom. The zero-order valence-electron chi connectivity index (χ0n) is 17.2. The minimum atomic E-state index is -3.05. The second-order valence-corrected chi connectivity index (χ2v) is 10.5. The molecule has 1 amide bonds. The van der Waals surface area contributed by atoms with Crippen LogP contribution in [-0.2, 0) is 22.7 Å². The molecule has 6 nitrogen and oxygen atoms in total. The molecule has 1 aliphatic heterocycles. The average molecular weight is 416 g/mol. The molecule has 0 radical (unpaired) electrons. The van der Waals surface area contributed by atoms with Crippen LogP contribution >= 0.6 is 0 Å². The maximum absolute atomic E-state index is 13.6. The Morgan fingerprint density at radius 1 is 1.24 bits per heavy atom. The number of rotatable bonds is 6. The van der Waals surface area contributed by atoms with E-state index in [1.807, 2.05) is 23.7 Å². The number of hydrogen-bond acceptors (Lipinski definition) is 4. The summed E-state index contributed by atoms with van der Waals surface area (Å²) in [5.41, 5.74) is 4.82. The molecule has 1 saturated heterocycles. The Bertz CT molecular complexity index is 1010. The van der Waals surface area contributed by atoms with Crippen molar-refractivity contribution in [1.29, 1.82) is 0 Å². The first-order valence-corrected chi connectivity index (χ1v) is 12.4. The molecule has 2 aromatic rings. The van der Waals surface area contributed by atoms with Gasteiger partial charge >= 0.3 is 0 Å². The van der Waals surface area contributed by atoms with Crippen molar-refractivity contribution in [3.05, 3.63) is 46.8 Å². The van der Waals surface area contributed by atoms with E-state index in [1.165, 1.54) is 5.56 Å². The van der Waals surface area contributed by atoms with E-state index in [0.717, 1.165) is 49.0 Å². The number of carbonyl (C=O) groups excluding carboxylic acids is 1. The number of hydrogen-bond donors (Lipinski definition) is 0. The number of sulfone groups is 1. The average Bonchev–Trinajstić information content (AvgIpc) is 3.38. The van der Waals surface area contributed by atoms with Crippen molar-refractivity contribution in [2.75, 3.05) is 18.1 Å². The lowest BCUT2D eigenvalue weighted by molar-refractivity contribution is 0.0686. The minimum absolute atomic E-state index is 0.0727. The largest absolute Gasteiger partial charge is 0.333 e. The Balaban J connectivity index is 1.69. The molecule has 2 aliphatic rings. The van der Waals surface area contributed by atoms with Gasteiger partial charge in [-0.3, -0.25) is 4.79 Å². The molecule has 2 heterocycles. The molecule has 1 fully saturated rings. The SMILES string of the molecule is CCCCN(C(=O)c1nn(-c2ccc(C)cc2)c2c1CCC2)C1CCS(=O)(=O)C1. The van der Waals surface area contributed by atoms with Crippen molar-refractivity contribution < 1.29 is 13.2 Å². The third kappa shape index (κ3) is 3.97. The van der Waals surface area contributed by atoms with E-state index in [2.05, 4.69) is 19.1 Å². The van der Waals surface area contributed by atoms with E-state index in [-0.39, 0.29) is 23.5 Å². The molecule has 156 valence electrons.